The lowest BCUT2D eigenvalue weighted by molar-refractivity contribution is -0.384. The number of nitrogens with zero attached hydrogens (tertiary/aromatic N) is 8. The molecule has 1 aliphatic rings. The summed E-state index contributed by atoms with van der Waals surface area (Å²) in [4.78, 5) is 19.2. The van der Waals surface area contributed by atoms with Gasteiger partial charge in [-0.15, -0.1) is 22.0 Å². The predicted molar refractivity (Wildman–Crippen MR) is 227 cm³/mol. The SMILES string of the molecule is CN(C)CC[C@H](CSc1ccccc1)Nc1ccc(S(=O)(=O)Nc2nnc3cc(N4CCN(Cc5ccccc5-c5ccc(Cl)cc5)CC4)cnn23)cc1[N+](=O)[O-]. The molecule has 0 bridgehead atoms. The van der Waals surface area contributed by atoms with E-state index in [0.717, 1.165) is 67.9 Å². The lowest BCUT2D eigenvalue weighted by Crippen LogP contribution is -2.46. The zero-order chi connectivity index (χ0) is 39.9. The fraction of sp³-hybridized carbons (Fsp3) is 0.275. The Hall–Kier alpha value is -5.26. The molecule has 17 heteroatoms. The van der Waals surface area contributed by atoms with Crippen molar-refractivity contribution in [2.75, 3.05) is 67.5 Å². The molecule has 0 unspecified atom stereocenters. The molecule has 1 fully saturated rings. The van der Waals surface area contributed by atoms with Crippen LogP contribution in [0.4, 0.5) is 23.0 Å². The van der Waals surface area contributed by atoms with Crippen LogP contribution >= 0.6 is 23.4 Å². The summed E-state index contributed by atoms with van der Waals surface area (Å²) in [6, 6.07) is 31.8. The van der Waals surface area contributed by atoms with Gasteiger partial charge in [-0.05, 0) is 80.1 Å². The maximum atomic E-state index is 13.6. The standard InChI is InChI=1S/C40H43ClN10O4S2/c1-47(2)19-18-32(28-56-34-9-4-3-5-10-34)43-37-17-16-35(25-38(37)51(52)53)57(54,55)46-40-45-44-39-24-33(26-42-50(39)40)49-22-20-48(21-23-49)27-30-8-6-7-11-36(30)29-12-14-31(41)15-13-29/h3-17,24-26,32,43H,18-23,27-28H2,1-2H3,(H,45,46)/t32-/m1/s1. The number of piperazine rings is 1. The maximum Gasteiger partial charge on any atom is 0.293 e. The molecule has 1 aliphatic heterocycles. The number of hydrogen-bond donors (Lipinski definition) is 2. The van der Waals surface area contributed by atoms with Crippen molar-refractivity contribution in [1.82, 2.24) is 29.6 Å². The second-order valence-corrected chi connectivity index (χ2v) is 17.2. The minimum absolute atomic E-state index is 0.123. The minimum atomic E-state index is -4.31. The van der Waals surface area contributed by atoms with E-state index in [1.807, 2.05) is 80.8 Å². The smallest absolute Gasteiger partial charge is 0.293 e. The molecule has 3 heterocycles. The molecule has 0 amide bonds. The van der Waals surface area contributed by atoms with Gasteiger partial charge in [-0.3, -0.25) is 15.0 Å². The summed E-state index contributed by atoms with van der Waals surface area (Å²) in [5.41, 5.74) is 4.64. The molecular weight excluding hydrogens is 784 g/mol. The van der Waals surface area contributed by atoms with Gasteiger partial charge in [0.1, 0.15) is 5.69 Å². The largest absolute Gasteiger partial charge is 0.376 e. The van der Waals surface area contributed by atoms with Gasteiger partial charge in [0.25, 0.3) is 21.7 Å². The Labute approximate surface area is 341 Å². The van der Waals surface area contributed by atoms with Crippen molar-refractivity contribution in [3.8, 4) is 11.1 Å². The molecule has 1 atom stereocenters. The fourth-order valence-corrected chi connectivity index (χ4v) is 8.79. The Morgan fingerprint density at radius 3 is 2.40 bits per heavy atom. The first-order chi connectivity index (χ1) is 27.5. The summed E-state index contributed by atoms with van der Waals surface area (Å²) in [5, 5.41) is 29.0. The van der Waals surface area contributed by atoms with E-state index in [-0.39, 0.29) is 28.3 Å². The molecule has 0 radical (unpaired) electrons. The number of thioether (sulfide) groups is 1. The first-order valence-electron chi connectivity index (χ1n) is 18.5. The number of benzene rings is 4. The van der Waals surface area contributed by atoms with Crippen molar-refractivity contribution in [2.45, 2.75) is 28.8 Å². The average Bonchev–Trinajstić information content (AvgIpc) is 3.61. The number of sulfonamides is 1. The molecular formula is C40H43ClN10O4S2. The molecule has 4 aromatic carbocycles. The van der Waals surface area contributed by atoms with Crippen LogP contribution in [-0.4, -0.2) is 102 Å². The van der Waals surface area contributed by atoms with E-state index in [1.165, 1.54) is 27.8 Å². The van der Waals surface area contributed by atoms with Crippen LogP contribution in [0, 0.1) is 10.1 Å². The Kier molecular flexibility index (Phi) is 12.5. The number of nitro benzene ring substituents is 1. The number of nitrogens with one attached hydrogen (secondary N) is 2. The molecule has 2 N–H and O–H groups in total. The molecule has 2 aromatic heterocycles. The molecule has 0 aliphatic carbocycles. The lowest BCUT2D eigenvalue weighted by Gasteiger charge is -2.36. The molecule has 0 saturated carbocycles. The van der Waals surface area contributed by atoms with E-state index in [0.29, 0.717) is 16.4 Å². The molecule has 57 heavy (non-hydrogen) atoms. The Balaban J connectivity index is 1.00. The van der Waals surface area contributed by atoms with Crippen LogP contribution < -0.4 is 14.9 Å². The molecule has 296 valence electrons. The van der Waals surface area contributed by atoms with Crippen LogP contribution in [0.5, 0.6) is 0 Å². The van der Waals surface area contributed by atoms with E-state index >= 15 is 0 Å². The molecule has 6 aromatic rings. The van der Waals surface area contributed by atoms with Gasteiger partial charge in [-0.2, -0.15) is 9.61 Å². The lowest BCUT2D eigenvalue weighted by atomic mass is 9.99. The highest BCUT2D eigenvalue weighted by molar-refractivity contribution is 7.99. The summed E-state index contributed by atoms with van der Waals surface area (Å²) in [6.45, 7) is 4.77. The molecule has 0 spiro atoms. The quantitative estimate of drug-likeness (QED) is 0.0587. The van der Waals surface area contributed by atoms with Gasteiger partial charge >= 0.3 is 0 Å². The Morgan fingerprint density at radius 2 is 1.67 bits per heavy atom. The second-order valence-electron chi connectivity index (χ2n) is 14.0. The maximum absolute atomic E-state index is 13.6. The highest BCUT2D eigenvalue weighted by Gasteiger charge is 2.26. The summed E-state index contributed by atoms with van der Waals surface area (Å²) < 4.78 is 30.9. The van der Waals surface area contributed by atoms with Crippen molar-refractivity contribution < 1.29 is 13.3 Å². The van der Waals surface area contributed by atoms with Crippen LogP contribution in [0.1, 0.15) is 12.0 Å². The van der Waals surface area contributed by atoms with Crippen molar-refractivity contribution in [3.63, 3.8) is 0 Å². The molecule has 1 saturated heterocycles. The third-order valence-corrected chi connectivity index (χ3v) is 12.5. The second kappa shape index (κ2) is 17.9. The van der Waals surface area contributed by atoms with Gasteiger partial charge in [-0.25, -0.2) is 13.1 Å². The number of anilines is 3. The summed E-state index contributed by atoms with van der Waals surface area (Å²) in [6.07, 6.45) is 2.38. The third kappa shape index (κ3) is 10.0. The van der Waals surface area contributed by atoms with Crippen molar-refractivity contribution in [2.24, 2.45) is 0 Å². The van der Waals surface area contributed by atoms with Gasteiger partial charge < -0.3 is 15.1 Å². The van der Waals surface area contributed by atoms with Crippen LogP contribution in [0.2, 0.25) is 5.02 Å². The molecule has 14 nitrogen and oxygen atoms in total. The van der Waals surface area contributed by atoms with Crippen LogP contribution in [-0.2, 0) is 16.6 Å². The van der Waals surface area contributed by atoms with E-state index in [9.17, 15) is 18.5 Å². The monoisotopic (exact) mass is 826 g/mol. The zero-order valence-corrected chi connectivity index (χ0v) is 33.9. The molecule has 7 rings (SSSR count). The van der Waals surface area contributed by atoms with E-state index in [4.69, 9.17) is 11.6 Å². The minimum Gasteiger partial charge on any atom is -0.376 e. The highest BCUT2D eigenvalue weighted by atomic mass is 35.5. The van der Waals surface area contributed by atoms with Crippen molar-refractivity contribution >= 4 is 62.0 Å². The van der Waals surface area contributed by atoms with Gasteiger partial charge in [0, 0.05) is 66.6 Å². The predicted octanol–water partition coefficient (Wildman–Crippen LogP) is 7.00. The van der Waals surface area contributed by atoms with E-state index in [1.54, 1.807) is 18.0 Å². The van der Waals surface area contributed by atoms with Crippen LogP contribution in [0.25, 0.3) is 16.8 Å². The van der Waals surface area contributed by atoms with E-state index in [2.05, 4.69) is 58.2 Å². The van der Waals surface area contributed by atoms with Gasteiger partial charge in [0.05, 0.1) is 21.7 Å². The number of nitro groups is 1. The normalized spacial score (nSPS) is 14.2. The number of hydrogen-bond acceptors (Lipinski definition) is 12. The summed E-state index contributed by atoms with van der Waals surface area (Å²) >= 11 is 7.77. The average molecular weight is 827 g/mol. The van der Waals surface area contributed by atoms with Gasteiger partial charge in [0.2, 0.25) is 0 Å². The first-order valence-corrected chi connectivity index (χ1v) is 21.3. The highest BCUT2D eigenvalue weighted by Crippen LogP contribution is 2.31. The zero-order valence-electron chi connectivity index (χ0n) is 31.5. The van der Waals surface area contributed by atoms with Gasteiger partial charge in [0.15, 0.2) is 5.65 Å². The van der Waals surface area contributed by atoms with Crippen LogP contribution in [0.15, 0.2) is 119 Å². The summed E-state index contributed by atoms with van der Waals surface area (Å²) in [7, 11) is -0.367. The van der Waals surface area contributed by atoms with Crippen LogP contribution in [0.3, 0.4) is 0 Å². The summed E-state index contributed by atoms with van der Waals surface area (Å²) in [5.74, 6) is 0.523. The topological polar surface area (TPSA) is 154 Å². The number of rotatable bonds is 16. The van der Waals surface area contributed by atoms with Crippen molar-refractivity contribution in [3.05, 3.63) is 130 Å². The van der Waals surface area contributed by atoms with Gasteiger partial charge in [-0.1, -0.05) is 66.2 Å². The fourth-order valence-electron chi connectivity index (χ4n) is 6.67. The van der Waals surface area contributed by atoms with Crippen molar-refractivity contribution in [1.29, 1.82) is 0 Å². The Morgan fingerprint density at radius 1 is 0.930 bits per heavy atom. The number of halogens is 1. The Bertz CT molecular complexity index is 2430. The number of aromatic nitrogens is 4. The third-order valence-electron chi connectivity index (χ3n) is 9.73. The first kappa shape index (κ1) is 40.0. The number of fused-ring (bicyclic) bond motifs is 1. The van der Waals surface area contributed by atoms with E-state index < -0.39 is 14.9 Å².